The van der Waals surface area contributed by atoms with Crippen LogP contribution in [0, 0.1) is 0 Å². The molecular weight excluding hydrogens is 747 g/mol. The highest BCUT2D eigenvalue weighted by atomic mass is 32.2. The van der Waals surface area contributed by atoms with Crippen molar-refractivity contribution in [3.8, 4) is 44.9 Å². The Bertz CT molecular complexity index is 3530. The Labute approximate surface area is 351 Å². The zero-order chi connectivity index (χ0) is 39.4. The number of fused-ring (bicyclic) bond motifs is 16. The Morgan fingerprint density at radius 3 is 1.62 bits per heavy atom. The Morgan fingerprint density at radius 1 is 0.367 bits per heavy atom. The van der Waals surface area contributed by atoms with E-state index in [0.29, 0.717) is 0 Å². The lowest BCUT2D eigenvalue weighted by molar-refractivity contribution is 0.723. The molecule has 0 saturated carbocycles. The van der Waals surface area contributed by atoms with Gasteiger partial charge in [-0.3, -0.25) is 0 Å². The van der Waals surface area contributed by atoms with Gasteiger partial charge in [-0.05, 0) is 69.1 Å². The van der Waals surface area contributed by atoms with Crippen LogP contribution in [0.1, 0.15) is 22.3 Å². The number of hydrogen-bond acceptors (Lipinski definition) is 4. The van der Waals surface area contributed by atoms with Crippen LogP contribution in [0.5, 0.6) is 0 Å². The molecule has 13 rings (SSSR count). The first-order valence-corrected chi connectivity index (χ1v) is 21.3. The molecule has 3 aromatic heterocycles. The molecule has 60 heavy (non-hydrogen) atoms. The minimum atomic E-state index is -0.464. The van der Waals surface area contributed by atoms with Gasteiger partial charge in [0, 0.05) is 48.0 Å². The maximum Gasteiger partial charge on any atom is 0.0972 e. The molecule has 0 fully saturated rings. The van der Waals surface area contributed by atoms with Crippen LogP contribution >= 0.6 is 11.8 Å². The van der Waals surface area contributed by atoms with Gasteiger partial charge >= 0.3 is 0 Å². The lowest BCUT2D eigenvalue weighted by atomic mass is 9.67. The Balaban J connectivity index is 1.02. The lowest BCUT2D eigenvalue weighted by Gasteiger charge is -2.39. The van der Waals surface area contributed by atoms with Crippen LogP contribution in [-0.2, 0) is 5.41 Å². The predicted molar refractivity (Wildman–Crippen MR) is 248 cm³/mol. The van der Waals surface area contributed by atoms with E-state index in [4.69, 9.17) is 15.0 Å². The summed E-state index contributed by atoms with van der Waals surface area (Å²) in [6.45, 7) is 0. The van der Waals surface area contributed by atoms with Crippen molar-refractivity contribution in [2.75, 3.05) is 0 Å². The van der Waals surface area contributed by atoms with Gasteiger partial charge in [-0.2, -0.15) is 0 Å². The van der Waals surface area contributed by atoms with Crippen LogP contribution < -0.4 is 0 Å². The summed E-state index contributed by atoms with van der Waals surface area (Å²) >= 11 is 1.88. The van der Waals surface area contributed by atoms with E-state index in [2.05, 4.69) is 194 Å². The van der Waals surface area contributed by atoms with Crippen molar-refractivity contribution in [3.05, 3.63) is 222 Å². The van der Waals surface area contributed by atoms with Gasteiger partial charge in [0.05, 0.1) is 39.0 Å². The van der Waals surface area contributed by atoms with Crippen molar-refractivity contribution >= 4 is 55.2 Å². The molecule has 0 bridgehead atoms. The van der Waals surface area contributed by atoms with Gasteiger partial charge < -0.3 is 0 Å². The minimum Gasteiger partial charge on any atom is -0.247 e. The third-order valence-electron chi connectivity index (χ3n) is 12.7. The summed E-state index contributed by atoms with van der Waals surface area (Å²) in [6.07, 6.45) is 0. The van der Waals surface area contributed by atoms with Gasteiger partial charge in [0.15, 0.2) is 0 Å². The van der Waals surface area contributed by atoms with Gasteiger partial charge in [0.1, 0.15) is 0 Å². The number of rotatable bonds is 3. The van der Waals surface area contributed by atoms with Crippen molar-refractivity contribution in [1.82, 2.24) is 15.0 Å². The van der Waals surface area contributed by atoms with Gasteiger partial charge in [-0.15, -0.1) is 0 Å². The average Bonchev–Trinajstić information content (AvgIpc) is 3.62. The van der Waals surface area contributed by atoms with Gasteiger partial charge in [0.25, 0.3) is 0 Å². The molecule has 1 aliphatic carbocycles. The quantitative estimate of drug-likeness (QED) is 0.167. The summed E-state index contributed by atoms with van der Waals surface area (Å²) in [4.78, 5) is 18.6. The van der Waals surface area contributed by atoms with Crippen LogP contribution in [-0.4, -0.2) is 15.0 Å². The first-order valence-electron chi connectivity index (χ1n) is 20.4. The molecule has 2 aliphatic rings. The molecule has 1 aliphatic heterocycles. The van der Waals surface area contributed by atoms with Crippen molar-refractivity contribution < 1.29 is 0 Å². The van der Waals surface area contributed by atoms with E-state index < -0.39 is 5.41 Å². The van der Waals surface area contributed by atoms with Crippen molar-refractivity contribution in [2.24, 2.45) is 0 Å². The molecule has 4 heteroatoms. The predicted octanol–water partition coefficient (Wildman–Crippen LogP) is 14.3. The largest absolute Gasteiger partial charge is 0.247 e. The molecule has 0 atom stereocenters. The SMILES string of the molecule is c1ccc(-c2ccc3ccc4ccc(-c5ccc(-c6nc7ccccc7c7ccc8c(c67)-c6ccccc6C86c7ccccc7Sc7ccccc76)cc5)nc4c3n2)cc1. The number of para-hydroxylation sites is 1. The summed E-state index contributed by atoms with van der Waals surface area (Å²) in [5.74, 6) is 0. The second kappa shape index (κ2) is 12.8. The Hall–Kier alpha value is -7.40. The third kappa shape index (κ3) is 4.71. The number of pyridine rings is 3. The summed E-state index contributed by atoms with van der Waals surface area (Å²) in [5.41, 5.74) is 16.2. The monoisotopic (exact) mass is 779 g/mol. The second-order valence-electron chi connectivity index (χ2n) is 15.8. The third-order valence-corrected chi connectivity index (χ3v) is 13.9. The maximum absolute atomic E-state index is 5.53. The zero-order valence-corrected chi connectivity index (χ0v) is 33.1. The molecule has 8 aromatic carbocycles. The number of hydrogen-bond donors (Lipinski definition) is 0. The second-order valence-corrected chi connectivity index (χ2v) is 16.9. The first-order chi connectivity index (χ1) is 29.7. The lowest BCUT2D eigenvalue weighted by Crippen LogP contribution is -2.31. The van der Waals surface area contributed by atoms with E-state index in [-0.39, 0.29) is 0 Å². The van der Waals surface area contributed by atoms with E-state index in [1.54, 1.807) is 0 Å². The van der Waals surface area contributed by atoms with Crippen LogP contribution in [0.4, 0.5) is 0 Å². The summed E-state index contributed by atoms with van der Waals surface area (Å²) in [6, 6.07) is 72.4. The Morgan fingerprint density at radius 2 is 0.917 bits per heavy atom. The number of nitrogens with zero attached hydrogens (tertiary/aromatic N) is 3. The van der Waals surface area contributed by atoms with Gasteiger partial charge in [0.2, 0.25) is 0 Å². The fraction of sp³-hybridized carbons (Fsp3) is 0.0179. The molecule has 0 amide bonds. The number of benzene rings is 8. The molecule has 4 heterocycles. The standard InChI is InChI=1S/C56H33N3S/c1-2-12-34(13-3-1)46-32-28-37-26-27-38-29-33-47(58-55(38)54(37)57-46)35-22-24-36(25-23-35)53-52-40(39-14-5-9-19-48(39)59-53)30-31-45-51(52)41-15-4-6-16-42(41)56(45)43-17-7-10-20-49(43)60-50-21-11-8-18-44(50)56/h1-33H. The van der Waals surface area contributed by atoms with E-state index in [1.807, 2.05) is 17.8 Å². The minimum absolute atomic E-state index is 0.464. The van der Waals surface area contributed by atoms with Crippen LogP contribution in [0.2, 0.25) is 0 Å². The topological polar surface area (TPSA) is 38.7 Å². The van der Waals surface area contributed by atoms with E-state index in [9.17, 15) is 0 Å². The van der Waals surface area contributed by atoms with Crippen molar-refractivity contribution in [1.29, 1.82) is 0 Å². The fourth-order valence-electron chi connectivity index (χ4n) is 10.1. The van der Waals surface area contributed by atoms with Crippen molar-refractivity contribution in [3.63, 3.8) is 0 Å². The highest BCUT2D eigenvalue weighted by molar-refractivity contribution is 7.99. The number of aromatic nitrogens is 3. The molecule has 278 valence electrons. The Kier molecular flexibility index (Phi) is 7.16. The van der Waals surface area contributed by atoms with Crippen molar-refractivity contribution in [2.45, 2.75) is 15.2 Å². The van der Waals surface area contributed by atoms with E-state index in [0.717, 1.165) is 66.5 Å². The summed E-state index contributed by atoms with van der Waals surface area (Å²) in [5, 5.41) is 5.70. The van der Waals surface area contributed by atoms with Gasteiger partial charge in [-0.1, -0.05) is 182 Å². The van der Waals surface area contributed by atoms with Crippen LogP contribution in [0.15, 0.2) is 210 Å². The summed E-state index contributed by atoms with van der Waals surface area (Å²) < 4.78 is 0. The van der Waals surface area contributed by atoms with Crippen LogP contribution in [0.25, 0.3) is 88.4 Å². The molecule has 0 N–H and O–H groups in total. The fourth-order valence-corrected chi connectivity index (χ4v) is 11.3. The summed E-state index contributed by atoms with van der Waals surface area (Å²) in [7, 11) is 0. The molecule has 3 nitrogen and oxygen atoms in total. The highest BCUT2D eigenvalue weighted by Gasteiger charge is 2.50. The van der Waals surface area contributed by atoms with E-state index in [1.165, 1.54) is 53.9 Å². The van der Waals surface area contributed by atoms with Crippen LogP contribution in [0.3, 0.4) is 0 Å². The molecule has 0 radical (unpaired) electrons. The molecule has 0 saturated heterocycles. The molecular formula is C56H33N3S. The average molecular weight is 780 g/mol. The zero-order valence-electron chi connectivity index (χ0n) is 32.3. The smallest absolute Gasteiger partial charge is 0.0972 e. The highest BCUT2D eigenvalue weighted by Crippen LogP contribution is 2.63. The molecule has 0 unspecified atom stereocenters. The first kappa shape index (κ1) is 33.6. The molecule has 1 spiro atoms. The van der Waals surface area contributed by atoms with Gasteiger partial charge in [-0.25, -0.2) is 15.0 Å². The normalized spacial score (nSPS) is 13.4. The maximum atomic E-state index is 5.53. The molecule has 11 aromatic rings. The van der Waals surface area contributed by atoms with E-state index >= 15 is 0 Å².